The quantitative estimate of drug-likeness (QED) is 0.270. The number of carboxylic acid groups (broad SMARTS) is 2. The predicted molar refractivity (Wildman–Crippen MR) is 115 cm³/mol. The van der Waals surface area contributed by atoms with Crippen LogP contribution in [0.5, 0.6) is 0 Å². The van der Waals surface area contributed by atoms with Gasteiger partial charge in [-0.25, -0.2) is 0 Å². The van der Waals surface area contributed by atoms with E-state index in [4.69, 9.17) is 0 Å². The zero-order chi connectivity index (χ0) is 20.9. The van der Waals surface area contributed by atoms with Crippen molar-refractivity contribution in [2.75, 3.05) is 0 Å². The molecule has 0 heterocycles. The van der Waals surface area contributed by atoms with E-state index < -0.39 is 22.8 Å². The first-order valence-corrected chi connectivity index (χ1v) is 11.9. The molecular weight excluding hydrogens is 352 g/mol. The topological polar surface area (TPSA) is 74.6 Å². The van der Waals surface area contributed by atoms with Crippen LogP contribution in [0.2, 0.25) is 0 Å². The summed E-state index contributed by atoms with van der Waals surface area (Å²) >= 11 is 0. The lowest BCUT2D eigenvalue weighted by atomic mass is 9.60. The van der Waals surface area contributed by atoms with Crippen LogP contribution in [0.4, 0.5) is 0 Å². The van der Waals surface area contributed by atoms with Crippen LogP contribution < -0.4 is 0 Å². The Hall–Kier alpha value is -1.06. The second-order valence-electron chi connectivity index (χ2n) is 9.21. The lowest BCUT2D eigenvalue weighted by Crippen LogP contribution is -2.43. The molecule has 1 aliphatic carbocycles. The van der Waals surface area contributed by atoms with Gasteiger partial charge in [-0.15, -0.1) is 0 Å². The number of aliphatic carboxylic acids is 2. The van der Waals surface area contributed by atoms with Gasteiger partial charge in [0.25, 0.3) is 0 Å². The van der Waals surface area contributed by atoms with Gasteiger partial charge >= 0.3 is 11.9 Å². The van der Waals surface area contributed by atoms with E-state index in [1.165, 1.54) is 51.4 Å². The number of hydrogen-bond acceptors (Lipinski definition) is 2. The van der Waals surface area contributed by atoms with Crippen LogP contribution in [-0.4, -0.2) is 22.2 Å². The molecule has 0 aromatic carbocycles. The van der Waals surface area contributed by atoms with Crippen molar-refractivity contribution in [3.8, 4) is 0 Å². The van der Waals surface area contributed by atoms with Crippen molar-refractivity contribution < 1.29 is 19.8 Å². The third-order valence-corrected chi connectivity index (χ3v) is 7.09. The molecule has 0 unspecified atom stereocenters. The summed E-state index contributed by atoms with van der Waals surface area (Å²) in [4.78, 5) is 24.1. The lowest BCUT2D eigenvalue weighted by Gasteiger charge is -2.42. The predicted octanol–water partition coefficient (Wildman–Crippen LogP) is 7.20. The van der Waals surface area contributed by atoms with E-state index in [9.17, 15) is 19.8 Å². The maximum absolute atomic E-state index is 12.0. The van der Waals surface area contributed by atoms with Crippen molar-refractivity contribution in [3.05, 3.63) is 0 Å². The second kappa shape index (κ2) is 13.2. The Bertz CT molecular complexity index is 408. The minimum Gasteiger partial charge on any atom is -0.481 e. The van der Waals surface area contributed by atoms with Gasteiger partial charge < -0.3 is 10.2 Å². The molecule has 0 bridgehead atoms. The van der Waals surface area contributed by atoms with E-state index in [0.29, 0.717) is 38.5 Å². The first-order valence-electron chi connectivity index (χ1n) is 11.9. The molecule has 0 aromatic rings. The minimum atomic E-state index is -0.709. The molecule has 1 aliphatic rings. The highest BCUT2D eigenvalue weighted by molar-refractivity contribution is 5.78. The van der Waals surface area contributed by atoms with Crippen molar-refractivity contribution >= 4 is 11.9 Å². The molecule has 0 amide bonds. The summed E-state index contributed by atoms with van der Waals surface area (Å²) in [6.07, 6.45) is 17.4. The first kappa shape index (κ1) is 25.0. The van der Waals surface area contributed by atoms with Crippen molar-refractivity contribution in [1.29, 1.82) is 0 Å². The summed E-state index contributed by atoms with van der Waals surface area (Å²) in [5.74, 6) is -1.42. The van der Waals surface area contributed by atoms with Crippen molar-refractivity contribution in [1.82, 2.24) is 0 Å². The molecule has 0 radical (unpaired) electrons. The molecule has 1 fully saturated rings. The second-order valence-corrected chi connectivity index (χ2v) is 9.21. The number of hydrogen-bond donors (Lipinski definition) is 2. The van der Waals surface area contributed by atoms with Gasteiger partial charge in [-0.2, -0.15) is 0 Å². The molecule has 0 atom stereocenters. The molecule has 2 N–H and O–H groups in total. The lowest BCUT2D eigenvalue weighted by molar-refractivity contribution is -0.162. The Morgan fingerprint density at radius 3 is 1.14 bits per heavy atom. The summed E-state index contributed by atoms with van der Waals surface area (Å²) in [5.41, 5.74) is -1.38. The molecule has 28 heavy (non-hydrogen) atoms. The fourth-order valence-electron chi connectivity index (χ4n) is 4.84. The van der Waals surface area contributed by atoms with E-state index in [-0.39, 0.29) is 0 Å². The number of rotatable bonds is 16. The Labute approximate surface area is 172 Å². The average Bonchev–Trinajstić information content (AvgIpc) is 2.68. The third kappa shape index (κ3) is 7.75. The molecule has 0 aliphatic heterocycles. The third-order valence-electron chi connectivity index (χ3n) is 7.09. The molecule has 4 heteroatoms. The Morgan fingerprint density at radius 2 is 0.857 bits per heavy atom. The van der Waals surface area contributed by atoms with Crippen LogP contribution in [0.25, 0.3) is 0 Å². The Kier molecular flexibility index (Phi) is 11.8. The normalized spacial score (nSPS) is 24.9. The van der Waals surface area contributed by atoms with E-state index in [1.807, 2.05) is 0 Å². The molecule has 1 saturated carbocycles. The van der Waals surface area contributed by atoms with Crippen LogP contribution in [0.15, 0.2) is 0 Å². The van der Waals surface area contributed by atoms with Crippen molar-refractivity contribution in [2.45, 2.75) is 129 Å². The van der Waals surface area contributed by atoms with Crippen LogP contribution in [0.1, 0.15) is 129 Å². The molecule has 0 saturated heterocycles. The molecule has 0 aromatic heterocycles. The monoisotopic (exact) mass is 396 g/mol. The molecule has 1 rings (SSSR count). The standard InChI is InChI=1S/C24H44O4/c1-3-5-7-9-11-13-15-23(21(25)26)17-19-24(20-18-23,22(27)28)16-14-12-10-8-6-4-2/h3-20H2,1-2H3,(H,25,26)(H,27,28). The van der Waals surface area contributed by atoms with Gasteiger partial charge in [0.2, 0.25) is 0 Å². The summed E-state index contributed by atoms with van der Waals surface area (Å²) in [6, 6.07) is 0. The SMILES string of the molecule is CCCCCCCCC1(C(=O)O)CCC(CCCCCCCC)(C(=O)O)CC1. The summed E-state index contributed by atoms with van der Waals surface area (Å²) in [6.45, 7) is 4.39. The Balaban J connectivity index is 2.51. The van der Waals surface area contributed by atoms with Gasteiger partial charge in [0, 0.05) is 0 Å². The van der Waals surface area contributed by atoms with Gasteiger partial charge in [0.05, 0.1) is 10.8 Å². The Morgan fingerprint density at radius 1 is 0.571 bits per heavy atom. The van der Waals surface area contributed by atoms with E-state index >= 15 is 0 Å². The van der Waals surface area contributed by atoms with Crippen LogP contribution >= 0.6 is 0 Å². The first-order chi connectivity index (χ1) is 13.4. The minimum absolute atomic E-state index is 0.527. The largest absolute Gasteiger partial charge is 0.481 e. The average molecular weight is 397 g/mol. The van der Waals surface area contributed by atoms with E-state index in [2.05, 4.69) is 13.8 Å². The summed E-state index contributed by atoms with van der Waals surface area (Å²) in [7, 11) is 0. The molecule has 164 valence electrons. The maximum atomic E-state index is 12.0. The molecule has 4 nitrogen and oxygen atoms in total. The smallest absolute Gasteiger partial charge is 0.309 e. The number of carbonyl (C=O) groups is 2. The fraction of sp³-hybridized carbons (Fsp3) is 0.917. The van der Waals surface area contributed by atoms with Gasteiger partial charge in [-0.05, 0) is 38.5 Å². The van der Waals surface area contributed by atoms with Gasteiger partial charge in [0.15, 0.2) is 0 Å². The highest BCUT2D eigenvalue weighted by Crippen LogP contribution is 2.50. The molecule has 0 spiro atoms. The number of carboxylic acids is 2. The summed E-state index contributed by atoms with van der Waals surface area (Å²) < 4.78 is 0. The van der Waals surface area contributed by atoms with Crippen LogP contribution in [-0.2, 0) is 9.59 Å². The highest BCUT2D eigenvalue weighted by Gasteiger charge is 2.49. The van der Waals surface area contributed by atoms with E-state index in [0.717, 1.165) is 25.7 Å². The van der Waals surface area contributed by atoms with Gasteiger partial charge in [0.1, 0.15) is 0 Å². The molecular formula is C24H44O4. The van der Waals surface area contributed by atoms with Crippen LogP contribution in [0, 0.1) is 10.8 Å². The van der Waals surface area contributed by atoms with Gasteiger partial charge in [-0.3, -0.25) is 9.59 Å². The zero-order valence-corrected chi connectivity index (χ0v) is 18.4. The number of unbranched alkanes of at least 4 members (excludes halogenated alkanes) is 10. The van der Waals surface area contributed by atoms with Crippen LogP contribution in [0.3, 0.4) is 0 Å². The maximum Gasteiger partial charge on any atom is 0.309 e. The fourth-order valence-corrected chi connectivity index (χ4v) is 4.84. The highest BCUT2D eigenvalue weighted by atomic mass is 16.4. The zero-order valence-electron chi connectivity index (χ0n) is 18.4. The van der Waals surface area contributed by atoms with E-state index in [1.54, 1.807) is 0 Å². The van der Waals surface area contributed by atoms with Crippen molar-refractivity contribution in [3.63, 3.8) is 0 Å². The van der Waals surface area contributed by atoms with Gasteiger partial charge in [-0.1, -0.05) is 90.9 Å². The summed E-state index contributed by atoms with van der Waals surface area (Å²) in [5, 5.41) is 19.8. The van der Waals surface area contributed by atoms with Crippen molar-refractivity contribution in [2.24, 2.45) is 10.8 Å².